The zero-order valence-electron chi connectivity index (χ0n) is 11.8. The summed E-state index contributed by atoms with van der Waals surface area (Å²) in [5, 5.41) is 6.75. The molecule has 2 rings (SSSR count). The summed E-state index contributed by atoms with van der Waals surface area (Å²) in [5.41, 5.74) is 0.746. The number of aromatic nitrogens is 2. The van der Waals surface area contributed by atoms with E-state index in [0.717, 1.165) is 19.6 Å². The van der Waals surface area contributed by atoms with Crippen molar-refractivity contribution in [3.8, 4) is 0 Å². The number of H-pyrrole nitrogens is 1. The molecule has 19 heavy (non-hydrogen) atoms. The van der Waals surface area contributed by atoms with E-state index in [2.05, 4.69) is 15.1 Å². The standard InChI is InChI=1S/C13H22N4O2/c1-13(2,3)19-12(18)17-6-4-16(5-7-17)10-11-8-14-15-9-11/h8-9H,4-7,10H2,1-3H3,(H,14,15). The van der Waals surface area contributed by atoms with Gasteiger partial charge in [0.1, 0.15) is 5.60 Å². The number of amides is 1. The molecular formula is C13H22N4O2. The molecule has 0 spiro atoms. The van der Waals surface area contributed by atoms with Crippen molar-refractivity contribution < 1.29 is 9.53 Å². The molecule has 2 heterocycles. The first kappa shape index (κ1) is 13.9. The Balaban J connectivity index is 1.77. The van der Waals surface area contributed by atoms with Gasteiger partial charge in [-0.05, 0) is 20.8 Å². The highest BCUT2D eigenvalue weighted by Crippen LogP contribution is 2.12. The lowest BCUT2D eigenvalue weighted by Crippen LogP contribution is -2.49. The van der Waals surface area contributed by atoms with Gasteiger partial charge in [0.2, 0.25) is 0 Å². The Morgan fingerprint density at radius 1 is 1.37 bits per heavy atom. The second-order valence-electron chi connectivity index (χ2n) is 5.85. The van der Waals surface area contributed by atoms with Gasteiger partial charge in [-0.3, -0.25) is 10.00 Å². The molecule has 106 valence electrons. The largest absolute Gasteiger partial charge is 0.444 e. The minimum absolute atomic E-state index is 0.213. The maximum absolute atomic E-state index is 11.9. The minimum Gasteiger partial charge on any atom is -0.444 e. The van der Waals surface area contributed by atoms with Gasteiger partial charge in [-0.1, -0.05) is 0 Å². The van der Waals surface area contributed by atoms with Crippen LogP contribution < -0.4 is 0 Å². The normalized spacial score (nSPS) is 17.5. The van der Waals surface area contributed by atoms with Gasteiger partial charge in [0.05, 0.1) is 6.20 Å². The lowest BCUT2D eigenvalue weighted by molar-refractivity contribution is 0.0139. The van der Waals surface area contributed by atoms with Crippen molar-refractivity contribution in [2.75, 3.05) is 26.2 Å². The fraction of sp³-hybridized carbons (Fsp3) is 0.692. The molecule has 1 fully saturated rings. The summed E-state index contributed by atoms with van der Waals surface area (Å²) in [6.07, 6.45) is 3.52. The van der Waals surface area contributed by atoms with E-state index in [-0.39, 0.29) is 6.09 Å². The predicted octanol–water partition coefficient (Wildman–Crippen LogP) is 1.46. The average Bonchev–Trinajstić information content (AvgIpc) is 2.80. The Morgan fingerprint density at radius 2 is 2.05 bits per heavy atom. The third-order valence-corrected chi connectivity index (χ3v) is 2.99. The molecule has 6 heteroatoms. The first-order valence-corrected chi connectivity index (χ1v) is 6.62. The summed E-state index contributed by atoms with van der Waals surface area (Å²) < 4.78 is 5.37. The van der Waals surface area contributed by atoms with Gasteiger partial charge in [0.15, 0.2) is 0 Å². The van der Waals surface area contributed by atoms with Gasteiger partial charge in [-0.25, -0.2) is 4.79 Å². The van der Waals surface area contributed by atoms with Crippen molar-refractivity contribution in [2.45, 2.75) is 32.9 Å². The van der Waals surface area contributed by atoms with Gasteiger partial charge >= 0.3 is 6.09 Å². The number of nitrogens with zero attached hydrogens (tertiary/aromatic N) is 3. The Bertz CT molecular complexity index is 403. The van der Waals surface area contributed by atoms with Crippen LogP contribution in [0.1, 0.15) is 26.3 Å². The molecule has 0 aliphatic carbocycles. The summed E-state index contributed by atoms with van der Waals surface area (Å²) >= 11 is 0. The van der Waals surface area contributed by atoms with Crippen LogP contribution in [0.3, 0.4) is 0 Å². The van der Waals surface area contributed by atoms with Crippen LogP contribution in [0.4, 0.5) is 4.79 Å². The number of nitrogens with one attached hydrogen (secondary N) is 1. The molecule has 1 aliphatic heterocycles. The molecule has 0 radical (unpaired) electrons. The quantitative estimate of drug-likeness (QED) is 0.880. The maximum Gasteiger partial charge on any atom is 0.410 e. The molecule has 0 bridgehead atoms. The number of carbonyl (C=O) groups is 1. The molecule has 1 saturated heterocycles. The van der Waals surface area contributed by atoms with Crippen LogP contribution in [0.2, 0.25) is 0 Å². The Morgan fingerprint density at radius 3 is 2.58 bits per heavy atom. The van der Waals surface area contributed by atoms with Crippen LogP contribution >= 0.6 is 0 Å². The molecule has 1 amide bonds. The number of aromatic amines is 1. The summed E-state index contributed by atoms with van der Waals surface area (Å²) in [7, 11) is 0. The number of rotatable bonds is 2. The molecule has 0 saturated carbocycles. The number of hydrogen-bond acceptors (Lipinski definition) is 4. The van der Waals surface area contributed by atoms with Crippen LogP contribution in [0.15, 0.2) is 12.4 Å². The van der Waals surface area contributed by atoms with E-state index in [9.17, 15) is 4.79 Å². The third-order valence-electron chi connectivity index (χ3n) is 2.99. The number of carbonyl (C=O) groups excluding carboxylic acids is 1. The molecule has 0 atom stereocenters. The molecule has 6 nitrogen and oxygen atoms in total. The van der Waals surface area contributed by atoms with Crippen LogP contribution in [-0.4, -0.2) is 57.9 Å². The highest BCUT2D eigenvalue weighted by Gasteiger charge is 2.25. The second kappa shape index (κ2) is 5.61. The van der Waals surface area contributed by atoms with E-state index in [4.69, 9.17) is 4.74 Å². The van der Waals surface area contributed by atoms with E-state index < -0.39 is 5.60 Å². The molecule has 1 aliphatic rings. The summed E-state index contributed by atoms with van der Waals surface area (Å²) in [6, 6.07) is 0. The van der Waals surface area contributed by atoms with Crippen molar-refractivity contribution in [3.05, 3.63) is 18.0 Å². The number of hydrogen-bond donors (Lipinski definition) is 1. The van der Waals surface area contributed by atoms with Crippen molar-refractivity contribution in [3.63, 3.8) is 0 Å². The Kier molecular flexibility index (Phi) is 4.09. The van der Waals surface area contributed by atoms with Crippen LogP contribution in [0, 0.1) is 0 Å². The van der Waals surface area contributed by atoms with Crippen molar-refractivity contribution in [2.24, 2.45) is 0 Å². The van der Waals surface area contributed by atoms with E-state index in [1.54, 1.807) is 4.90 Å². The average molecular weight is 266 g/mol. The topological polar surface area (TPSA) is 61.5 Å². The lowest BCUT2D eigenvalue weighted by Gasteiger charge is -2.35. The summed E-state index contributed by atoms with van der Waals surface area (Å²) in [5.74, 6) is 0. The van der Waals surface area contributed by atoms with Crippen LogP contribution in [0.5, 0.6) is 0 Å². The fourth-order valence-electron chi connectivity index (χ4n) is 2.04. The smallest absolute Gasteiger partial charge is 0.410 e. The predicted molar refractivity (Wildman–Crippen MR) is 71.7 cm³/mol. The van der Waals surface area contributed by atoms with Gasteiger partial charge in [-0.2, -0.15) is 5.10 Å². The van der Waals surface area contributed by atoms with Crippen LogP contribution in [0.25, 0.3) is 0 Å². The SMILES string of the molecule is CC(C)(C)OC(=O)N1CCN(Cc2cn[nH]c2)CC1. The van der Waals surface area contributed by atoms with E-state index >= 15 is 0 Å². The Labute approximate surface area is 113 Å². The van der Waals surface area contributed by atoms with Gasteiger partial charge in [0, 0.05) is 44.5 Å². The van der Waals surface area contributed by atoms with Crippen LogP contribution in [-0.2, 0) is 11.3 Å². The third kappa shape index (κ3) is 4.24. The van der Waals surface area contributed by atoms with Gasteiger partial charge in [0.25, 0.3) is 0 Å². The molecular weight excluding hydrogens is 244 g/mol. The minimum atomic E-state index is -0.426. The first-order chi connectivity index (χ1) is 8.94. The van der Waals surface area contributed by atoms with Gasteiger partial charge < -0.3 is 9.64 Å². The molecule has 1 N–H and O–H groups in total. The summed E-state index contributed by atoms with van der Waals surface area (Å²) in [4.78, 5) is 16.0. The van der Waals surface area contributed by atoms with Crippen molar-refractivity contribution in [1.29, 1.82) is 0 Å². The zero-order chi connectivity index (χ0) is 13.9. The molecule has 1 aromatic rings. The van der Waals surface area contributed by atoms with E-state index in [1.165, 1.54) is 5.56 Å². The molecule has 0 aromatic carbocycles. The second-order valence-corrected chi connectivity index (χ2v) is 5.85. The first-order valence-electron chi connectivity index (χ1n) is 6.62. The molecule has 1 aromatic heterocycles. The maximum atomic E-state index is 11.9. The highest BCUT2D eigenvalue weighted by atomic mass is 16.6. The van der Waals surface area contributed by atoms with E-state index in [1.807, 2.05) is 33.2 Å². The Hall–Kier alpha value is -1.56. The van der Waals surface area contributed by atoms with E-state index in [0.29, 0.717) is 13.1 Å². The van der Waals surface area contributed by atoms with Crippen molar-refractivity contribution in [1.82, 2.24) is 20.0 Å². The number of piperazine rings is 1. The summed E-state index contributed by atoms with van der Waals surface area (Å²) in [6.45, 7) is 9.70. The number of ether oxygens (including phenoxy) is 1. The van der Waals surface area contributed by atoms with Gasteiger partial charge in [-0.15, -0.1) is 0 Å². The molecule has 0 unspecified atom stereocenters. The highest BCUT2D eigenvalue weighted by molar-refractivity contribution is 5.68. The van der Waals surface area contributed by atoms with Crippen molar-refractivity contribution >= 4 is 6.09 Å². The monoisotopic (exact) mass is 266 g/mol. The fourth-order valence-corrected chi connectivity index (χ4v) is 2.04. The zero-order valence-corrected chi connectivity index (χ0v) is 11.8. The lowest BCUT2D eigenvalue weighted by atomic mass is 10.2.